The third kappa shape index (κ3) is 2.82. The molecular weight excluding hydrogens is 279 g/mol. The monoisotopic (exact) mass is 296 g/mol. The van der Waals surface area contributed by atoms with Crippen LogP contribution in [0.3, 0.4) is 0 Å². The summed E-state index contributed by atoms with van der Waals surface area (Å²) in [4.78, 5) is 24.6. The van der Waals surface area contributed by atoms with Gasteiger partial charge in [0.05, 0.1) is 0 Å². The summed E-state index contributed by atoms with van der Waals surface area (Å²) in [5.41, 5.74) is -2.34. The lowest BCUT2D eigenvalue weighted by Crippen LogP contribution is -2.55. The standard InChI is InChI=1S/C14H17FN2O4/c1-13(2)14(3,20)17(12(19)21-13)8-11(18)16-10-6-4-9(15)5-7-10/h4-7,20H,8H2,1-3H3,(H,16,18)/t14-/m1/s1. The van der Waals surface area contributed by atoms with Crippen LogP contribution in [0.25, 0.3) is 0 Å². The zero-order chi connectivity index (χ0) is 15.8. The first-order valence-electron chi connectivity index (χ1n) is 6.42. The summed E-state index contributed by atoms with van der Waals surface area (Å²) in [7, 11) is 0. The highest BCUT2D eigenvalue weighted by Crippen LogP contribution is 2.36. The Balaban J connectivity index is 2.06. The molecule has 0 unspecified atom stereocenters. The number of nitrogens with one attached hydrogen (secondary N) is 1. The number of benzene rings is 1. The lowest BCUT2D eigenvalue weighted by molar-refractivity contribution is -0.137. The van der Waals surface area contributed by atoms with Gasteiger partial charge in [-0.05, 0) is 45.0 Å². The number of carbonyl (C=O) groups excluding carboxylic acids is 2. The number of hydrogen-bond donors (Lipinski definition) is 2. The van der Waals surface area contributed by atoms with Crippen LogP contribution in [-0.2, 0) is 9.53 Å². The van der Waals surface area contributed by atoms with Gasteiger partial charge < -0.3 is 15.2 Å². The van der Waals surface area contributed by atoms with Crippen molar-refractivity contribution in [1.29, 1.82) is 0 Å². The number of aliphatic hydroxyl groups is 1. The minimum absolute atomic E-state index is 0.368. The van der Waals surface area contributed by atoms with Crippen molar-refractivity contribution in [3.63, 3.8) is 0 Å². The van der Waals surface area contributed by atoms with E-state index in [2.05, 4.69) is 5.32 Å². The van der Waals surface area contributed by atoms with E-state index in [4.69, 9.17) is 4.74 Å². The fourth-order valence-electron chi connectivity index (χ4n) is 1.97. The molecule has 0 aliphatic carbocycles. The molecule has 1 atom stereocenters. The normalized spacial score (nSPS) is 23.9. The molecule has 1 heterocycles. The van der Waals surface area contributed by atoms with Crippen molar-refractivity contribution < 1.29 is 23.8 Å². The van der Waals surface area contributed by atoms with Crippen LogP contribution in [0, 0.1) is 5.82 Å². The number of amides is 2. The molecule has 1 aromatic rings. The van der Waals surface area contributed by atoms with Crippen molar-refractivity contribution in [1.82, 2.24) is 4.90 Å². The van der Waals surface area contributed by atoms with E-state index in [1.165, 1.54) is 31.2 Å². The van der Waals surface area contributed by atoms with Gasteiger partial charge in [-0.3, -0.25) is 9.69 Å². The molecule has 0 bridgehead atoms. The maximum atomic E-state index is 12.8. The van der Waals surface area contributed by atoms with E-state index in [0.29, 0.717) is 5.69 Å². The third-order valence-corrected chi connectivity index (χ3v) is 3.66. The Labute approximate surface area is 121 Å². The van der Waals surface area contributed by atoms with Crippen molar-refractivity contribution in [2.45, 2.75) is 32.1 Å². The molecular formula is C14H17FN2O4. The predicted octanol–water partition coefficient (Wildman–Crippen LogP) is 1.70. The molecule has 7 heteroatoms. The Morgan fingerprint density at radius 2 is 1.90 bits per heavy atom. The number of carbonyl (C=O) groups is 2. The molecule has 0 saturated carbocycles. The number of cyclic esters (lactones) is 1. The maximum absolute atomic E-state index is 12.8. The first-order valence-corrected chi connectivity index (χ1v) is 6.42. The van der Waals surface area contributed by atoms with Gasteiger partial charge in [-0.1, -0.05) is 0 Å². The number of ether oxygens (including phenoxy) is 1. The summed E-state index contributed by atoms with van der Waals surface area (Å²) < 4.78 is 17.8. The summed E-state index contributed by atoms with van der Waals surface area (Å²) >= 11 is 0. The summed E-state index contributed by atoms with van der Waals surface area (Å²) in [6, 6.07) is 5.22. The van der Waals surface area contributed by atoms with Crippen LogP contribution >= 0.6 is 0 Å². The van der Waals surface area contributed by atoms with Crippen LogP contribution in [0.15, 0.2) is 24.3 Å². The fraction of sp³-hybridized carbons (Fsp3) is 0.429. The molecule has 2 amide bonds. The Morgan fingerprint density at radius 3 is 2.38 bits per heavy atom. The van der Waals surface area contributed by atoms with E-state index in [9.17, 15) is 19.1 Å². The molecule has 21 heavy (non-hydrogen) atoms. The molecule has 2 N–H and O–H groups in total. The molecule has 1 saturated heterocycles. The lowest BCUT2D eigenvalue weighted by Gasteiger charge is -2.34. The van der Waals surface area contributed by atoms with Gasteiger partial charge in [-0.15, -0.1) is 0 Å². The molecule has 0 spiro atoms. The van der Waals surface area contributed by atoms with Gasteiger partial charge in [0.2, 0.25) is 5.91 Å². The second kappa shape index (κ2) is 5.00. The van der Waals surface area contributed by atoms with Crippen molar-refractivity contribution in [2.24, 2.45) is 0 Å². The number of nitrogens with zero attached hydrogens (tertiary/aromatic N) is 1. The van der Waals surface area contributed by atoms with Crippen LogP contribution in [0.5, 0.6) is 0 Å². The number of rotatable bonds is 3. The van der Waals surface area contributed by atoms with Crippen molar-refractivity contribution in [3.8, 4) is 0 Å². The molecule has 1 aliphatic heterocycles. The fourth-order valence-corrected chi connectivity index (χ4v) is 1.97. The highest BCUT2D eigenvalue weighted by atomic mass is 19.1. The third-order valence-electron chi connectivity index (χ3n) is 3.66. The van der Waals surface area contributed by atoms with E-state index in [1.807, 2.05) is 0 Å². The van der Waals surface area contributed by atoms with Crippen LogP contribution in [0.1, 0.15) is 20.8 Å². The summed E-state index contributed by atoms with van der Waals surface area (Å²) in [5.74, 6) is -0.933. The highest BCUT2D eigenvalue weighted by Gasteiger charge is 2.56. The average molecular weight is 296 g/mol. The summed E-state index contributed by atoms with van der Waals surface area (Å²) in [5, 5.41) is 12.9. The molecule has 6 nitrogen and oxygen atoms in total. The quantitative estimate of drug-likeness (QED) is 0.890. The van der Waals surface area contributed by atoms with Crippen LogP contribution in [-0.4, -0.2) is 39.9 Å². The number of hydrogen-bond acceptors (Lipinski definition) is 4. The van der Waals surface area contributed by atoms with Gasteiger partial charge in [0.1, 0.15) is 12.4 Å². The predicted molar refractivity (Wildman–Crippen MR) is 72.9 cm³/mol. The minimum atomic E-state index is -1.61. The van der Waals surface area contributed by atoms with Crippen molar-refractivity contribution in [2.75, 3.05) is 11.9 Å². The SMILES string of the molecule is CC1(C)OC(=O)N(CC(=O)Nc2ccc(F)cc2)[C@]1(C)O. The molecule has 2 rings (SSSR count). The van der Waals surface area contributed by atoms with Gasteiger partial charge in [-0.2, -0.15) is 0 Å². The van der Waals surface area contributed by atoms with E-state index in [-0.39, 0.29) is 6.54 Å². The van der Waals surface area contributed by atoms with E-state index in [1.54, 1.807) is 13.8 Å². The molecule has 1 fully saturated rings. The Hall–Kier alpha value is -2.15. The summed E-state index contributed by atoms with van der Waals surface area (Å²) in [6.07, 6.45) is -0.765. The topological polar surface area (TPSA) is 78.9 Å². The van der Waals surface area contributed by atoms with Gasteiger partial charge in [0.15, 0.2) is 11.3 Å². The zero-order valence-electron chi connectivity index (χ0n) is 12.0. The molecule has 114 valence electrons. The van der Waals surface area contributed by atoms with Crippen molar-refractivity contribution >= 4 is 17.7 Å². The maximum Gasteiger partial charge on any atom is 0.413 e. The average Bonchev–Trinajstić information content (AvgIpc) is 2.51. The first kappa shape index (κ1) is 15.2. The van der Waals surface area contributed by atoms with Crippen molar-refractivity contribution in [3.05, 3.63) is 30.1 Å². The van der Waals surface area contributed by atoms with Gasteiger partial charge in [-0.25, -0.2) is 9.18 Å². The van der Waals surface area contributed by atoms with Crippen LogP contribution in [0.4, 0.5) is 14.9 Å². The van der Waals surface area contributed by atoms with E-state index < -0.39 is 29.1 Å². The second-order valence-corrected chi connectivity index (χ2v) is 5.54. The van der Waals surface area contributed by atoms with Gasteiger partial charge in [0, 0.05) is 5.69 Å². The second-order valence-electron chi connectivity index (χ2n) is 5.54. The minimum Gasteiger partial charge on any atom is -0.438 e. The molecule has 0 radical (unpaired) electrons. The van der Waals surface area contributed by atoms with E-state index >= 15 is 0 Å². The van der Waals surface area contributed by atoms with Crippen LogP contribution in [0.2, 0.25) is 0 Å². The largest absolute Gasteiger partial charge is 0.438 e. The highest BCUT2D eigenvalue weighted by molar-refractivity contribution is 5.94. The van der Waals surface area contributed by atoms with E-state index in [0.717, 1.165) is 4.90 Å². The van der Waals surface area contributed by atoms with Gasteiger partial charge >= 0.3 is 6.09 Å². The smallest absolute Gasteiger partial charge is 0.413 e. The Bertz CT molecular complexity index is 569. The molecule has 1 aliphatic rings. The lowest BCUT2D eigenvalue weighted by atomic mass is 9.96. The van der Waals surface area contributed by atoms with Gasteiger partial charge in [0.25, 0.3) is 0 Å². The molecule has 1 aromatic carbocycles. The Morgan fingerprint density at radius 1 is 1.33 bits per heavy atom. The summed E-state index contributed by atoms with van der Waals surface area (Å²) in [6.45, 7) is 4.15. The number of halogens is 1. The molecule has 0 aromatic heterocycles. The Kier molecular flexibility index (Phi) is 3.63. The van der Waals surface area contributed by atoms with Crippen LogP contribution < -0.4 is 5.32 Å². The zero-order valence-corrected chi connectivity index (χ0v) is 12.0. The first-order chi connectivity index (χ1) is 9.63. The number of anilines is 1.